The lowest BCUT2D eigenvalue weighted by molar-refractivity contribution is -0.116. The van der Waals surface area contributed by atoms with Gasteiger partial charge in [-0.05, 0) is 54.8 Å². The van der Waals surface area contributed by atoms with Crippen molar-refractivity contribution in [1.82, 2.24) is 5.32 Å². The van der Waals surface area contributed by atoms with Crippen LogP contribution in [0.2, 0.25) is 0 Å². The second-order valence-electron chi connectivity index (χ2n) is 6.95. The lowest BCUT2D eigenvalue weighted by atomic mass is 10.0. The molecule has 0 spiro atoms. The Balaban J connectivity index is 1.42. The van der Waals surface area contributed by atoms with Crippen molar-refractivity contribution in [2.75, 3.05) is 18.9 Å². The molecular formula is C22H27NO3S. The van der Waals surface area contributed by atoms with Gasteiger partial charge in [0.2, 0.25) is 0 Å². The number of thioether (sulfide) groups is 1. The van der Waals surface area contributed by atoms with Crippen molar-refractivity contribution < 1.29 is 14.6 Å². The van der Waals surface area contributed by atoms with Gasteiger partial charge >= 0.3 is 0 Å². The maximum absolute atomic E-state index is 11.0. The van der Waals surface area contributed by atoms with E-state index in [1.807, 2.05) is 36.0 Å². The summed E-state index contributed by atoms with van der Waals surface area (Å²) in [6, 6.07) is 16.5. The second-order valence-corrected chi connectivity index (χ2v) is 8.08. The summed E-state index contributed by atoms with van der Waals surface area (Å²) in [5.74, 6) is 2.03. The lowest BCUT2D eigenvalue weighted by Crippen LogP contribution is -2.35. The van der Waals surface area contributed by atoms with Crippen LogP contribution in [-0.4, -0.2) is 35.9 Å². The third kappa shape index (κ3) is 6.09. The molecule has 144 valence electrons. The molecule has 4 nitrogen and oxygen atoms in total. The Bertz CT molecular complexity index is 747. The number of carbonyl (C=O) groups is 1. The number of aryl methyl sites for hydroxylation is 1. The highest BCUT2D eigenvalue weighted by molar-refractivity contribution is 7.99. The molecular weight excluding hydrogens is 358 g/mol. The van der Waals surface area contributed by atoms with E-state index in [2.05, 4.69) is 29.6 Å². The van der Waals surface area contributed by atoms with Crippen LogP contribution in [0.15, 0.2) is 53.4 Å². The third-order valence-electron chi connectivity index (χ3n) is 4.69. The van der Waals surface area contributed by atoms with Crippen LogP contribution in [0.1, 0.15) is 36.9 Å². The summed E-state index contributed by atoms with van der Waals surface area (Å²) in [5, 5.41) is 13.7. The molecule has 2 unspecified atom stereocenters. The first-order valence-corrected chi connectivity index (χ1v) is 10.4. The van der Waals surface area contributed by atoms with E-state index in [9.17, 15) is 9.90 Å². The summed E-state index contributed by atoms with van der Waals surface area (Å²) in [7, 11) is 0. The van der Waals surface area contributed by atoms with Gasteiger partial charge in [-0.15, -0.1) is 11.8 Å². The third-order valence-corrected chi connectivity index (χ3v) is 5.81. The Morgan fingerprint density at radius 1 is 1.26 bits per heavy atom. The van der Waals surface area contributed by atoms with E-state index in [0.29, 0.717) is 13.0 Å². The quantitative estimate of drug-likeness (QED) is 0.688. The van der Waals surface area contributed by atoms with E-state index in [4.69, 9.17) is 4.74 Å². The second kappa shape index (κ2) is 9.93. The smallest absolute Gasteiger partial charge is 0.130 e. The highest BCUT2D eigenvalue weighted by Gasteiger charge is 2.20. The predicted molar refractivity (Wildman–Crippen MR) is 109 cm³/mol. The van der Waals surface area contributed by atoms with Crippen molar-refractivity contribution in [3.05, 3.63) is 59.7 Å². The monoisotopic (exact) mass is 385 g/mol. The van der Waals surface area contributed by atoms with Crippen LogP contribution in [0.5, 0.6) is 5.75 Å². The first-order valence-electron chi connectivity index (χ1n) is 9.46. The number of carbonyl (C=O) groups excluding carboxylic acids is 1. The number of Topliss-reactive ketones (excluding diaryl/α,β-unsaturated/α-hetero) is 1. The molecule has 2 N–H and O–H groups in total. The van der Waals surface area contributed by atoms with E-state index in [-0.39, 0.29) is 18.4 Å². The minimum Gasteiger partial charge on any atom is -0.491 e. The number of hydrogen-bond acceptors (Lipinski definition) is 5. The van der Waals surface area contributed by atoms with Crippen LogP contribution in [0, 0.1) is 0 Å². The Morgan fingerprint density at radius 2 is 2.04 bits per heavy atom. The van der Waals surface area contributed by atoms with Crippen molar-refractivity contribution in [1.29, 1.82) is 0 Å². The summed E-state index contributed by atoms with van der Waals surface area (Å²) >= 11 is 1.89. The van der Waals surface area contributed by atoms with Crippen molar-refractivity contribution in [2.24, 2.45) is 0 Å². The van der Waals surface area contributed by atoms with Gasteiger partial charge in [0.1, 0.15) is 24.2 Å². The molecule has 1 heterocycles. The average molecular weight is 386 g/mol. The van der Waals surface area contributed by atoms with Crippen LogP contribution in [0.4, 0.5) is 0 Å². The Hall–Kier alpha value is -1.82. The molecule has 0 fully saturated rings. The van der Waals surface area contributed by atoms with Crippen molar-refractivity contribution >= 4 is 17.5 Å². The molecule has 0 aromatic heterocycles. The summed E-state index contributed by atoms with van der Waals surface area (Å²) < 4.78 is 5.70. The molecule has 27 heavy (non-hydrogen) atoms. The summed E-state index contributed by atoms with van der Waals surface area (Å²) in [6.45, 7) is 2.36. The maximum atomic E-state index is 11.0. The van der Waals surface area contributed by atoms with Crippen LogP contribution >= 0.6 is 11.8 Å². The van der Waals surface area contributed by atoms with E-state index in [0.717, 1.165) is 29.9 Å². The fourth-order valence-corrected chi connectivity index (χ4v) is 4.28. The van der Waals surface area contributed by atoms with Crippen molar-refractivity contribution in [3.63, 3.8) is 0 Å². The minimum atomic E-state index is -0.566. The molecule has 5 heteroatoms. The molecule has 3 rings (SSSR count). The summed E-state index contributed by atoms with van der Waals surface area (Å²) in [6.07, 6.45) is 1.82. The molecule has 2 atom stereocenters. The highest BCUT2D eigenvalue weighted by atomic mass is 32.2. The average Bonchev–Trinajstić information content (AvgIpc) is 2.69. The van der Waals surface area contributed by atoms with E-state index >= 15 is 0 Å². The molecule has 0 saturated heterocycles. The van der Waals surface area contributed by atoms with Gasteiger partial charge in [0, 0.05) is 23.9 Å². The normalized spacial score (nSPS) is 17.2. The number of ketones is 1. The fraction of sp³-hybridized carbons (Fsp3) is 0.409. The zero-order valence-electron chi connectivity index (χ0n) is 15.7. The zero-order chi connectivity index (χ0) is 19.1. The topological polar surface area (TPSA) is 58.6 Å². The van der Waals surface area contributed by atoms with Crippen molar-refractivity contribution in [2.45, 2.75) is 43.2 Å². The molecule has 1 aliphatic heterocycles. The minimum absolute atomic E-state index is 0.199. The first kappa shape index (κ1) is 19.9. The van der Waals surface area contributed by atoms with Gasteiger partial charge in [-0.25, -0.2) is 0 Å². The largest absolute Gasteiger partial charge is 0.491 e. The van der Waals surface area contributed by atoms with Gasteiger partial charge in [0.05, 0.1) is 0 Å². The number of ether oxygens (including phenoxy) is 1. The standard InChI is InChI=1S/C22H27NO3S/c1-16(24)6-7-17-8-10-19(11-9-17)26-15-18(25)14-23-21-12-13-27-22-5-3-2-4-20(21)22/h2-5,8-11,18,21,23,25H,6-7,12-15H2,1H3. The van der Waals surface area contributed by atoms with Gasteiger partial charge in [-0.2, -0.15) is 0 Å². The van der Waals surface area contributed by atoms with Crippen LogP contribution in [-0.2, 0) is 11.2 Å². The number of hydrogen-bond donors (Lipinski definition) is 2. The zero-order valence-corrected chi connectivity index (χ0v) is 16.5. The van der Waals surface area contributed by atoms with E-state index in [1.54, 1.807) is 6.92 Å². The van der Waals surface area contributed by atoms with Crippen LogP contribution in [0.25, 0.3) is 0 Å². The van der Waals surface area contributed by atoms with Gasteiger partial charge in [-0.1, -0.05) is 30.3 Å². The van der Waals surface area contributed by atoms with Gasteiger partial charge in [0.25, 0.3) is 0 Å². The number of rotatable bonds is 9. The number of benzene rings is 2. The van der Waals surface area contributed by atoms with Crippen LogP contribution in [0.3, 0.4) is 0 Å². The predicted octanol–water partition coefficient (Wildman–Crippen LogP) is 3.77. The molecule has 0 saturated carbocycles. The van der Waals surface area contributed by atoms with E-state index < -0.39 is 6.10 Å². The van der Waals surface area contributed by atoms with Crippen LogP contribution < -0.4 is 10.1 Å². The summed E-state index contributed by atoms with van der Waals surface area (Å²) in [5.41, 5.74) is 2.44. The SMILES string of the molecule is CC(=O)CCc1ccc(OCC(O)CNC2CCSc3ccccc32)cc1. The highest BCUT2D eigenvalue weighted by Crippen LogP contribution is 2.35. The van der Waals surface area contributed by atoms with Gasteiger partial charge < -0.3 is 20.0 Å². The number of aliphatic hydroxyl groups is 1. The number of fused-ring (bicyclic) bond motifs is 1. The molecule has 0 aliphatic carbocycles. The Kier molecular flexibility index (Phi) is 7.33. The van der Waals surface area contributed by atoms with Gasteiger partial charge in [0.15, 0.2) is 0 Å². The number of nitrogens with one attached hydrogen (secondary N) is 1. The molecule has 1 aliphatic rings. The molecule has 0 bridgehead atoms. The lowest BCUT2D eigenvalue weighted by Gasteiger charge is -2.27. The Labute approximate surface area is 165 Å². The molecule has 2 aromatic rings. The first-order chi connectivity index (χ1) is 13.1. The summed E-state index contributed by atoms with van der Waals surface area (Å²) in [4.78, 5) is 12.4. The fourth-order valence-electron chi connectivity index (χ4n) is 3.16. The van der Waals surface area contributed by atoms with Gasteiger partial charge in [-0.3, -0.25) is 0 Å². The molecule has 0 amide bonds. The van der Waals surface area contributed by atoms with E-state index in [1.165, 1.54) is 10.5 Å². The maximum Gasteiger partial charge on any atom is 0.130 e. The molecule has 2 aromatic carbocycles. The Morgan fingerprint density at radius 3 is 2.81 bits per heavy atom. The van der Waals surface area contributed by atoms with Crippen molar-refractivity contribution in [3.8, 4) is 5.75 Å². The number of aliphatic hydroxyl groups excluding tert-OH is 1. The molecule has 0 radical (unpaired) electrons.